The monoisotopic (exact) mass is 283 g/mol. The molecular formula is C14H21NO5. The molecule has 0 aliphatic carbocycles. The van der Waals surface area contributed by atoms with E-state index in [1.54, 1.807) is 18.7 Å². The quantitative estimate of drug-likeness (QED) is 0.566. The molecule has 20 heavy (non-hydrogen) atoms. The fourth-order valence-electron chi connectivity index (χ4n) is 3.30. The van der Waals surface area contributed by atoms with E-state index in [1.165, 1.54) is 0 Å². The van der Waals surface area contributed by atoms with Crippen LogP contribution in [-0.2, 0) is 23.9 Å². The van der Waals surface area contributed by atoms with Crippen molar-refractivity contribution in [2.24, 2.45) is 5.41 Å². The van der Waals surface area contributed by atoms with E-state index >= 15 is 0 Å². The smallest absolute Gasteiger partial charge is 0.325 e. The lowest BCUT2D eigenvalue weighted by Crippen LogP contribution is -2.59. The molecule has 6 nitrogen and oxygen atoms in total. The normalized spacial score (nSPS) is 24.2. The van der Waals surface area contributed by atoms with Crippen molar-refractivity contribution in [3.05, 3.63) is 0 Å². The van der Waals surface area contributed by atoms with Gasteiger partial charge in [0, 0.05) is 13.0 Å². The zero-order valence-corrected chi connectivity index (χ0v) is 12.0. The summed E-state index contributed by atoms with van der Waals surface area (Å²) in [5.41, 5.74) is -1.34. The van der Waals surface area contributed by atoms with Gasteiger partial charge in [0.25, 0.3) is 0 Å². The molecule has 112 valence electrons. The number of ether oxygens (including phenoxy) is 2. The maximum absolute atomic E-state index is 12.4. The van der Waals surface area contributed by atoms with Gasteiger partial charge < -0.3 is 14.4 Å². The van der Waals surface area contributed by atoms with Gasteiger partial charge >= 0.3 is 11.9 Å². The first kappa shape index (κ1) is 14.8. The van der Waals surface area contributed by atoms with Gasteiger partial charge in [-0.2, -0.15) is 0 Å². The molecule has 0 saturated carbocycles. The first-order valence-electron chi connectivity index (χ1n) is 7.21. The highest BCUT2D eigenvalue weighted by Crippen LogP contribution is 2.44. The van der Waals surface area contributed by atoms with Gasteiger partial charge in [-0.1, -0.05) is 0 Å². The second-order valence-electron chi connectivity index (χ2n) is 5.16. The van der Waals surface area contributed by atoms with Gasteiger partial charge in [0.15, 0.2) is 5.41 Å². The number of hydrogen-bond donors (Lipinski definition) is 0. The Morgan fingerprint density at radius 1 is 1.25 bits per heavy atom. The van der Waals surface area contributed by atoms with E-state index in [4.69, 9.17) is 9.47 Å². The van der Waals surface area contributed by atoms with Crippen molar-refractivity contribution in [2.75, 3.05) is 19.8 Å². The van der Waals surface area contributed by atoms with Crippen LogP contribution in [0.15, 0.2) is 0 Å². The van der Waals surface area contributed by atoms with Gasteiger partial charge in [-0.25, -0.2) is 0 Å². The molecule has 1 amide bonds. The summed E-state index contributed by atoms with van der Waals surface area (Å²) in [5, 5.41) is 0. The van der Waals surface area contributed by atoms with Gasteiger partial charge in [-0.3, -0.25) is 14.4 Å². The number of esters is 2. The Hall–Kier alpha value is -1.59. The average molecular weight is 283 g/mol. The molecule has 0 N–H and O–H groups in total. The molecule has 2 heterocycles. The third-order valence-corrected chi connectivity index (χ3v) is 4.15. The summed E-state index contributed by atoms with van der Waals surface area (Å²) in [6.07, 6.45) is 1.89. The Morgan fingerprint density at radius 2 is 1.85 bits per heavy atom. The predicted octanol–water partition coefficient (Wildman–Crippen LogP) is 0.884. The highest BCUT2D eigenvalue weighted by molar-refractivity contribution is 6.02. The minimum absolute atomic E-state index is 0.00710. The van der Waals surface area contributed by atoms with Crippen molar-refractivity contribution in [2.45, 2.75) is 45.6 Å². The molecule has 1 unspecified atom stereocenters. The van der Waals surface area contributed by atoms with Crippen molar-refractivity contribution < 1.29 is 23.9 Å². The first-order chi connectivity index (χ1) is 9.57. The summed E-state index contributed by atoms with van der Waals surface area (Å²) in [4.78, 5) is 38.4. The molecule has 0 radical (unpaired) electrons. The van der Waals surface area contributed by atoms with Gasteiger partial charge in [0.05, 0.1) is 19.3 Å². The molecule has 0 aromatic rings. The molecule has 2 rings (SSSR count). The number of piperidine rings is 1. The summed E-state index contributed by atoms with van der Waals surface area (Å²) >= 11 is 0. The summed E-state index contributed by atoms with van der Waals surface area (Å²) in [6, 6.07) is -0.415. The molecule has 2 aliphatic rings. The highest BCUT2D eigenvalue weighted by atomic mass is 16.6. The Morgan fingerprint density at radius 3 is 2.40 bits per heavy atom. The fourth-order valence-corrected chi connectivity index (χ4v) is 3.30. The van der Waals surface area contributed by atoms with Gasteiger partial charge in [-0.15, -0.1) is 0 Å². The van der Waals surface area contributed by atoms with Crippen LogP contribution in [0.3, 0.4) is 0 Å². The van der Waals surface area contributed by atoms with E-state index in [1.807, 2.05) is 0 Å². The SMILES string of the molecule is CCOC(=O)C1(C(=O)OCC)CCCN2C(=O)CCC21. The lowest BCUT2D eigenvalue weighted by Gasteiger charge is -2.42. The Kier molecular flexibility index (Phi) is 4.30. The van der Waals surface area contributed by atoms with Gasteiger partial charge in [0.1, 0.15) is 0 Å². The molecule has 0 aromatic heterocycles. The van der Waals surface area contributed by atoms with Crippen LogP contribution in [0.1, 0.15) is 39.5 Å². The highest BCUT2D eigenvalue weighted by Gasteiger charge is 2.60. The number of rotatable bonds is 4. The molecular weight excluding hydrogens is 262 g/mol. The molecule has 2 fully saturated rings. The van der Waals surface area contributed by atoms with Crippen LogP contribution in [0.4, 0.5) is 0 Å². The first-order valence-corrected chi connectivity index (χ1v) is 7.21. The van der Waals surface area contributed by atoms with E-state index in [2.05, 4.69) is 0 Å². The largest absolute Gasteiger partial charge is 0.465 e. The molecule has 2 aliphatic heterocycles. The van der Waals surface area contributed by atoms with Crippen molar-refractivity contribution in [1.29, 1.82) is 0 Å². The lowest BCUT2D eigenvalue weighted by molar-refractivity contribution is -0.181. The van der Waals surface area contributed by atoms with E-state index in [9.17, 15) is 14.4 Å². The maximum Gasteiger partial charge on any atom is 0.325 e. The van der Waals surface area contributed by atoms with Gasteiger partial charge in [-0.05, 0) is 33.1 Å². The number of hydrogen-bond acceptors (Lipinski definition) is 5. The number of fused-ring (bicyclic) bond motifs is 1. The van der Waals surface area contributed by atoms with Crippen molar-refractivity contribution in [3.63, 3.8) is 0 Å². The lowest BCUT2D eigenvalue weighted by atomic mass is 9.72. The van der Waals surface area contributed by atoms with Crippen LogP contribution < -0.4 is 0 Å². The maximum atomic E-state index is 12.4. The fraction of sp³-hybridized carbons (Fsp3) is 0.786. The minimum atomic E-state index is -1.34. The van der Waals surface area contributed by atoms with Crippen LogP contribution in [0.2, 0.25) is 0 Å². The summed E-state index contributed by atoms with van der Waals surface area (Å²) in [6.45, 7) is 4.43. The summed E-state index contributed by atoms with van der Waals surface area (Å²) in [5.74, 6) is -1.10. The molecule has 0 bridgehead atoms. The summed E-state index contributed by atoms with van der Waals surface area (Å²) in [7, 11) is 0. The van der Waals surface area contributed by atoms with Crippen LogP contribution >= 0.6 is 0 Å². The number of carbonyl (C=O) groups is 3. The Labute approximate surface area is 118 Å². The van der Waals surface area contributed by atoms with E-state index in [0.29, 0.717) is 32.2 Å². The molecule has 6 heteroatoms. The van der Waals surface area contributed by atoms with Crippen LogP contribution in [0.5, 0.6) is 0 Å². The molecule has 0 aromatic carbocycles. The van der Waals surface area contributed by atoms with Crippen LogP contribution in [0, 0.1) is 5.41 Å². The zero-order valence-electron chi connectivity index (χ0n) is 12.0. The van der Waals surface area contributed by atoms with Crippen LogP contribution in [0.25, 0.3) is 0 Å². The van der Waals surface area contributed by atoms with Crippen molar-refractivity contribution in [3.8, 4) is 0 Å². The molecule has 1 atom stereocenters. The van der Waals surface area contributed by atoms with Gasteiger partial charge in [0.2, 0.25) is 5.91 Å². The topological polar surface area (TPSA) is 72.9 Å². The van der Waals surface area contributed by atoms with E-state index < -0.39 is 23.4 Å². The Bertz CT molecular complexity index is 402. The number of amides is 1. The van der Waals surface area contributed by atoms with Crippen LogP contribution in [-0.4, -0.2) is 48.5 Å². The second kappa shape index (κ2) is 5.81. The number of nitrogens with zero attached hydrogens (tertiary/aromatic N) is 1. The average Bonchev–Trinajstić information content (AvgIpc) is 2.81. The van der Waals surface area contributed by atoms with E-state index in [0.717, 1.165) is 0 Å². The van der Waals surface area contributed by atoms with Crippen molar-refractivity contribution in [1.82, 2.24) is 4.90 Å². The third-order valence-electron chi connectivity index (χ3n) is 4.15. The van der Waals surface area contributed by atoms with Crippen molar-refractivity contribution >= 4 is 17.8 Å². The predicted molar refractivity (Wildman–Crippen MR) is 69.7 cm³/mol. The molecule has 0 spiro atoms. The molecule has 2 saturated heterocycles. The standard InChI is InChI=1S/C14H21NO5/c1-3-19-12(17)14(13(18)20-4-2)8-5-9-15-10(14)6-7-11(15)16/h10H,3-9H2,1-2H3. The third kappa shape index (κ3) is 2.17. The number of carbonyl (C=O) groups excluding carboxylic acids is 3. The second-order valence-corrected chi connectivity index (χ2v) is 5.16. The van der Waals surface area contributed by atoms with E-state index in [-0.39, 0.29) is 19.1 Å². The zero-order chi connectivity index (χ0) is 14.8. The minimum Gasteiger partial charge on any atom is -0.465 e. The Balaban J connectivity index is 2.37. The summed E-state index contributed by atoms with van der Waals surface area (Å²) < 4.78 is 10.2.